The van der Waals surface area contributed by atoms with Crippen LogP contribution in [0.5, 0.6) is 0 Å². The minimum absolute atomic E-state index is 0.239. The Kier molecular flexibility index (Phi) is 4.67. The topological polar surface area (TPSA) is 49.4 Å². The van der Waals surface area contributed by atoms with E-state index in [-0.39, 0.29) is 5.75 Å². The normalized spacial score (nSPS) is 31.4. The maximum Gasteiger partial charge on any atom is 0.215 e. The van der Waals surface area contributed by atoms with Crippen LogP contribution < -0.4 is 5.32 Å². The summed E-state index contributed by atoms with van der Waals surface area (Å²) in [5.74, 6) is 1.96. The highest BCUT2D eigenvalue weighted by atomic mass is 32.2. The Morgan fingerprint density at radius 3 is 2.39 bits per heavy atom. The smallest absolute Gasteiger partial charge is 0.215 e. The summed E-state index contributed by atoms with van der Waals surface area (Å²) in [5.41, 5.74) is 0. The summed E-state index contributed by atoms with van der Waals surface area (Å²) in [6, 6.07) is 0.579. The summed E-state index contributed by atoms with van der Waals surface area (Å²) in [7, 11) is -3.06. The van der Waals surface area contributed by atoms with Gasteiger partial charge in [-0.1, -0.05) is 20.3 Å². The van der Waals surface area contributed by atoms with Gasteiger partial charge in [0.1, 0.15) is 0 Å². The second-order valence-electron chi connectivity index (χ2n) is 5.64. The summed E-state index contributed by atoms with van der Waals surface area (Å²) in [6.07, 6.45) is 5.35. The Bertz CT molecular complexity index is 365. The van der Waals surface area contributed by atoms with E-state index >= 15 is 0 Å². The van der Waals surface area contributed by atoms with Crippen molar-refractivity contribution < 1.29 is 8.42 Å². The SMILES string of the molecule is CCN(CC)S(=O)(=O)CCN[C@@H]1C[C@H]2CC[C@@H]1C2. The molecule has 4 nitrogen and oxygen atoms in total. The van der Waals surface area contributed by atoms with Crippen molar-refractivity contribution in [1.82, 2.24) is 9.62 Å². The number of nitrogens with one attached hydrogen (secondary N) is 1. The molecule has 2 rings (SSSR count). The van der Waals surface area contributed by atoms with Gasteiger partial charge >= 0.3 is 0 Å². The quantitative estimate of drug-likeness (QED) is 0.764. The van der Waals surface area contributed by atoms with Gasteiger partial charge in [-0.3, -0.25) is 0 Å². The zero-order valence-electron chi connectivity index (χ0n) is 11.6. The van der Waals surface area contributed by atoms with Gasteiger partial charge in [-0.2, -0.15) is 0 Å². The molecule has 0 heterocycles. The molecular weight excluding hydrogens is 248 g/mol. The number of fused-ring (bicyclic) bond motifs is 2. The van der Waals surface area contributed by atoms with Crippen LogP contribution in [-0.4, -0.2) is 44.2 Å². The first-order valence-corrected chi connectivity index (χ1v) is 8.89. The maximum absolute atomic E-state index is 12.0. The Balaban J connectivity index is 1.75. The van der Waals surface area contributed by atoms with Gasteiger partial charge in [-0.15, -0.1) is 0 Å². The van der Waals surface area contributed by atoms with Gasteiger partial charge in [-0.25, -0.2) is 12.7 Å². The van der Waals surface area contributed by atoms with Crippen LogP contribution in [0.3, 0.4) is 0 Å². The summed E-state index contributed by atoms with van der Waals surface area (Å²) < 4.78 is 25.6. The molecule has 2 bridgehead atoms. The van der Waals surface area contributed by atoms with E-state index < -0.39 is 10.0 Å². The Labute approximate surface area is 111 Å². The standard InChI is InChI=1S/C13H26N2O2S/c1-3-15(4-2)18(16,17)8-7-14-13-10-11-5-6-12(13)9-11/h11-14H,3-10H2,1-2H3/t11-,12+,13+/m0/s1. The molecule has 2 saturated carbocycles. The fourth-order valence-corrected chi connectivity index (χ4v) is 5.03. The van der Waals surface area contributed by atoms with Gasteiger partial charge in [0.05, 0.1) is 5.75 Å². The molecule has 2 aliphatic rings. The van der Waals surface area contributed by atoms with Crippen molar-refractivity contribution in [2.24, 2.45) is 11.8 Å². The lowest BCUT2D eigenvalue weighted by Gasteiger charge is -2.24. The third-order valence-electron chi connectivity index (χ3n) is 4.60. The number of sulfonamides is 1. The molecular formula is C13H26N2O2S. The van der Waals surface area contributed by atoms with Gasteiger partial charge in [0, 0.05) is 25.7 Å². The predicted molar refractivity (Wildman–Crippen MR) is 73.9 cm³/mol. The summed E-state index contributed by atoms with van der Waals surface area (Å²) in [5, 5.41) is 3.47. The highest BCUT2D eigenvalue weighted by Crippen LogP contribution is 2.44. The van der Waals surface area contributed by atoms with Crippen molar-refractivity contribution in [3.05, 3.63) is 0 Å². The van der Waals surface area contributed by atoms with E-state index in [4.69, 9.17) is 0 Å². The molecule has 1 N–H and O–H groups in total. The minimum Gasteiger partial charge on any atom is -0.313 e. The van der Waals surface area contributed by atoms with E-state index in [9.17, 15) is 8.42 Å². The number of rotatable bonds is 7. The monoisotopic (exact) mass is 274 g/mol. The van der Waals surface area contributed by atoms with Crippen molar-refractivity contribution in [3.63, 3.8) is 0 Å². The predicted octanol–water partition coefficient (Wildman–Crippen LogP) is 1.44. The van der Waals surface area contributed by atoms with Crippen LogP contribution in [0.2, 0.25) is 0 Å². The van der Waals surface area contributed by atoms with E-state index in [2.05, 4.69) is 5.32 Å². The van der Waals surface area contributed by atoms with E-state index in [0.717, 1.165) is 11.8 Å². The van der Waals surface area contributed by atoms with Gasteiger partial charge in [0.25, 0.3) is 0 Å². The van der Waals surface area contributed by atoms with Gasteiger partial charge in [-0.05, 0) is 31.1 Å². The van der Waals surface area contributed by atoms with Crippen LogP contribution in [0.4, 0.5) is 0 Å². The fourth-order valence-electron chi connectivity index (χ4n) is 3.61. The lowest BCUT2D eigenvalue weighted by Crippen LogP contribution is -2.40. The van der Waals surface area contributed by atoms with Gasteiger partial charge in [0.15, 0.2) is 0 Å². The third kappa shape index (κ3) is 3.06. The first-order valence-electron chi connectivity index (χ1n) is 7.28. The van der Waals surface area contributed by atoms with E-state index in [0.29, 0.717) is 25.7 Å². The third-order valence-corrected chi connectivity index (χ3v) is 6.63. The number of nitrogens with zero attached hydrogens (tertiary/aromatic N) is 1. The average molecular weight is 274 g/mol. The van der Waals surface area contributed by atoms with Crippen LogP contribution in [0.1, 0.15) is 39.5 Å². The summed E-state index contributed by atoms with van der Waals surface area (Å²) in [4.78, 5) is 0. The van der Waals surface area contributed by atoms with Crippen LogP contribution in [0.15, 0.2) is 0 Å². The van der Waals surface area contributed by atoms with Gasteiger partial charge in [0.2, 0.25) is 10.0 Å². The van der Waals surface area contributed by atoms with Crippen LogP contribution in [-0.2, 0) is 10.0 Å². The Morgan fingerprint density at radius 2 is 1.89 bits per heavy atom. The largest absolute Gasteiger partial charge is 0.313 e. The first-order chi connectivity index (χ1) is 8.56. The zero-order valence-corrected chi connectivity index (χ0v) is 12.4. The van der Waals surface area contributed by atoms with E-state index in [1.165, 1.54) is 25.7 Å². The number of hydrogen-bond acceptors (Lipinski definition) is 3. The molecule has 0 aromatic rings. The van der Waals surface area contributed by atoms with Crippen molar-refractivity contribution >= 4 is 10.0 Å². The van der Waals surface area contributed by atoms with Crippen molar-refractivity contribution in [2.75, 3.05) is 25.4 Å². The zero-order chi connectivity index (χ0) is 13.2. The second-order valence-corrected chi connectivity index (χ2v) is 7.72. The van der Waals surface area contributed by atoms with Crippen LogP contribution in [0, 0.1) is 11.8 Å². The van der Waals surface area contributed by atoms with Crippen molar-refractivity contribution in [1.29, 1.82) is 0 Å². The maximum atomic E-state index is 12.0. The molecule has 0 spiro atoms. The molecule has 5 heteroatoms. The van der Waals surface area contributed by atoms with E-state index in [1.54, 1.807) is 4.31 Å². The molecule has 0 aromatic heterocycles. The summed E-state index contributed by atoms with van der Waals surface area (Å²) >= 11 is 0. The molecule has 0 saturated heterocycles. The molecule has 0 radical (unpaired) electrons. The highest BCUT2D eigenvalue weighted by Gasteiger charge is 2.39. The molecule has 0 aromatic carbocycles. The Morgan fingerprint density at radius 1 is 1.17 bits per heavy atom. The lowest BCUT2D eigenvalue weighted by atomic mass is 9.95. The Hall–Kier alpha value is -0.130. The highest BCUT2D eigenvalue weighted by molar-refractivity contribution is 7.89. The van der Waals surface area contributed by atoms with Crippen LogP contribution in [0.25, 0.3) is 0 Å². The average Bonchev–Trinajstić information content (AvgIpc) is 2.92. The second kappa shape index (κ2) is 5.88. The molecule has 106 valence electrons. The molecule has 0 aliphatic heterocycles. The molecule has 18 heavy (non-hydrogen) atoms. The molecule has 3 atom stereocenters. The van der Waals surface area contributed by atoms with Crippen LogP contribution >= 0.6 is 0 Å². The molecule has 2 fully saturated rings. The number of hydrogen-bond donors (Lipinski definition) is 1. The minimum atomic E-state index is -3.06. The lowest BCUT2D eigenvalue weighted by molar-refractivity contribution is 0.357. The van der Waals surface area contributed by atoms with Gasteiger partial charge < -0.3 is 5.32 Å². The first kappa shape index (κ1) is 14.3. The fraction of sp³-hybridized carbons (Fsp3) is 1.00. The molecule has 0 unspecified atom stereocenters. The summed E-state index contributed by atoms with van der Waals surface area (Å²) in [6.45, 7) is 5.54. The molecule has 2 aliphatic carbocycles. The van der Waals surface area contributed by atoms with Crippen molar-refractivity contribution in [3.8, 4) is 0 Å². The molecule has 0 amide bonds. The van der Waals surface area contributed by atoms with Crippen molar-refractivity contribution in [2.45, 2.75) is 45.6 Å². The van der Waals surface area contributed by atoms with E-state index in [1.807, 2.05) is 13.8 Å².